The van der Waals surface area contributed by atoms with E-state index in [0.29, 0.717) is 6.54 Å². The maximum absolute atomic E-state index is 12.7. The van der Waals surface area contributed by atoms with E-state index in [1.54, 1.807) is 16.7 Å². The summed E-state index contributed by atoms with van der Waals surface area (Å²) in [7, 11) is 0. The first-order valence-electron chi connectivity index (χ1n) is 7.97. The van der Waals surface area contributed by atoms with E-state index in [4.69, 9.17) is 5.11 Å². The Labute approximate surface area is 131 Å². The van der Waals surface area contributed by atoms with Gasteiger partial charge in [0.15, 0.2) is 0 Å². The highest BCUT2D eigenvalue weighted by atomic mass is 32.2. The van der Waals surface area contributed by atoms with Crippen molar-refractivity contribution in [1.82, 2.24) is 9.80 Å². The zero-order chi connectivity index (χ0) is 15.2. The molecule has 2 rings (SSSR count). The maximum atomic E-state index is 12.7. The van der Waals surface area contributed by atoms with Gasteiger partial charge in [-0.1, -0.05) is 13.3 Å². The predicted octanol–water partition coefficient (Wildman–Crippen LogP) is 2.51. The van der Waals surface area contributed by atoms with Gasteiger partial charge >= 0.3 is 12.0 Å². The minimum atomic E-state index is -0.817. The lowest BCUT2D eigenvalue weighted by atomic mass is 9.98. The van der Waals surface area contributed by atoms with Crippen LogP contribution in [0.3, 0.4) is 0 Å². The third-order valence-corrected chi connectivity index (χ3v) is 5.67. The number of likely N-dealkylation sites (tertiary alicyclic amines) is 1. The van der Waals surface area contributed by atoms with Gasteiger partial charge in [-0.25, -0.2) is 4.79 Å². The molecule has 1 N–H and O–H groups in total. The smallest absolute Gasteiger partial charge is 0.320 e. The molecule has 0 aromatic rings. The number of carboxylic acids is 1. The molecule has 120 valence electrons. The van der Waals surface area contributed by atoms with Crippen molar-refractivity contribution in [3.05, 3.63) is 0 Å². The molecule has 2 aliphatic rings. The maximum Gasteiger partial charge on any atom is 0.320 e. The van der Waals surface area contributed by atoms with Crippen LogP contribution in [0.15, 0.2) is 0 Å². The number of hydrogen-bond acceptors (Lipinski definition) is 3. The van der Waals surface area contributed by atoms with Gasteiger partial charge in [-0.2, -0.15) is 11.8 Å². The highest BCUT2D eigenvalue weighted by Gasteiger charge is 2.32. The van der Waals surface area contributed by atoms with Crippen molar-refractivity contribution in [3.8, 4) is 0 Å². The average molecular weight is 314 g/mol. The van der Waals surface area contributed by atoms with Gasteiger partial charge in [0.2, 0.25) is 0 Å². The second-order valence-electron chi connectivity index (χ2n) is 5.99. The number of rotatable bonds is 3. The number of hydrogen-bond donors (Lipinski definition) is 1. The van der Waals surface area contributed by atoms with Crippen LogP contribution in [0.1, 0.15) is 39.0 Å². The summed E-state index contributed by atoms with van der Waals surface area (Å²) in [4.78, 5) is 27.5. The van der Waals surface area contributed by atoms with Crippen LogP contribution in [0.25, 0.3) is 0 Å². The van der Waals surface area contributed by atoms with Gasteiger partial charge in [-0.15, -0.1) is 0 Å². The van der Waals surface area contributed by atoms with E-state index in [1.165, 1.54) is 12.8 Å². The summed E-state index contributed by atoms with van der Waals surface area (Å²) in [6, 6.07) is -0.0997. The molecule has 2 unspecified atom stereocenters. The molecule has 5 nitrogen and oxygen atoms in total. The Morgan fingerprint density at radius 2 is 2.05 bits per heavy atom. The van der Waals surface area contributed by atoms with Crippen molar-refractivity contribution in [3.63, 3.8) is 0 Å². The molecule has 2 saturated heterocycles. The lowest BCUT2D eigenvalue weighted by Gasteiger charge is -2.38. The van der Waals surface area contributed by atoms with Gasteiger partial charge in [0.25, 0.3) is 0 Å². The summed E-state index contributed by atoms with van der Waals surface area (Å²) >= 11 is 1.75. The van der Waals surface area contributed by atoms with E-state index >= 15 is 0 Å². The van der Waals surface area contributed by atoms with Crippen molar-refractivity contribution < 1.29 is 14.7 Å². The number of thioether (sulfide) groups is 1. The second kappa shape index (κ2) is 7.92. The SMILES string of the molecule is CCC1CCCN(C(=O)N2CCSCC2CC(=O)O)CC1. The lowest BCUT2D eigenvalue weighted by molar-refractivity contribution is -0.138. The van der Waals surface area contributed by atoms with Crippen LogP contribution in [0.4, 0.5) is 4.79 Å². The first-order chi connectivity index (χ1) is 10.1. The summed E-state index contributed by atoms with van der Waals surface area (Å²) in [5, 5.41) is 9.03. The molecule has 0 saturated carbocycles. The molecule has 6 heteroatoms. The van der Waals surface area contributed by atoms with Crippen molar-refractivity contribution in [2.45, 2.75) is 45.1 Å². The molecule has 0 spiro atoms. The third-order valence-electron chi connectivity index (χ3n) is 4.58. The molecule has 2 fully saturated rings. The van der Waals surface area contributed by atoms with Crippen LogP contribution in [-0.2, 0) is 4.79 Å². The van der Waals surface area contributed by atoms with E-state index in [0.717, 1.165) is 43.4 Å². The van der Waals surface area contributed by atoms with Gasteiger partial charge in [-0.3, -0.25) is 4.79 Å². The lowest BCUT2D eigenvalue weighted by Crippen LogP contribution is -2.52. The van der Waals surface area contributed by atoms with Gasteiger partial charge in [0, 0.05) is 31.1 Å². The van der Waals surface area contributed by atoms with Crippen LogP contribution in [0.2, 0.25) is 0 Å². The molecule has 21 heavy (non-hydrogen) atoms. The Bertz CT molecular complexity index is 378. The number of carbonyl (C=O) groups excluding carboxylic acids is 1. The van der Waals surface area contributed by atoms with Crippen LogP contribution in [0, 0.1) is 5.92 Å². The summed E-state index contributed by atoms with van der Waals surface area (Å²) in [5.74, 6) is 1.56. The van der Waals surface area contributed by atoms with E-state index in [-0.39, 0.29) is 18.5 Å². The quantitative estimate of drug-likeness (QED) is 0.869. The molecule has 0 bridgehead atoms. The molecule has 2 heterocycles. The van der Waals surface area contributed by atoms with Gasteiger partial charge in [0.05, 0.1) is 12.5 Å². The monoisotopic (exact) mass is 314 g/mol. The van der Waals surface area contributed by atoms with E-state index in [1.807, 2.05) is 4.90 Å². The molecule has 2 aliphatic heterocycles. The minimum Gasteiger partial charge on any atom is -0.481 e. The summed E-state index contributed by atoms with van der Waals surface area (Å²) in [6.45, 7) is 4.53. The van der Waals surface area contributed by atoms with E-state index in [2.05, 4.69) is 6.92 Å². The molecular formula is C15H26N2O3S. The third kappa shape index (κ3) is 4.53. The second-order valence-corrected chi connectivity index (χ2v) is 7.14. The van der Waals surface area contributed by atoms with Crippen LogP contribution < -0.4 is 0 Å². The van der Waals surface area contributed by atoms with Gasteiger partial charge in [-0.05, 0) is 25.2 Å². The number of nitrogens with zero attached hydrogens (tertiary/aromatic N) is 2. The highest BCUT2D eigenvalue weighted by molar-refractivity contribution is 7.99. The summed E-state index contributed by atoms with van der Waals surface area (Å²) < 4.78 is 0. The van der Waals surface area contributed by atoms with Gasteiger partial charge < -0.3 is 14.9 Å². The van der Waals surface area contributed by atoms with Crippen LogP contribution in [-0.4, -0.2) is 64.1 Å². The molecule has 2 amide bonds. The topological polar surface area (TPSA) is 60.9 Å². The number of carbonyl (C=O) groups is 2. The predicted molar refractivity (Wildman–Crippen MR) is 84.7 cm³/mol. The molecule has 0 aromatic carbocycles. The molecule has 0 aliphatic carbocycles. The Kier molecular flexibility index (Phi) is 6.21. The molecule has 2 atom stereocenters. The van der Waals surface area contributed by atoms with Crippen molar-refractivity contribution in [1.29, 1.82) is 0 Å². The normalized spacial score (nSPS) is 27.3. The fraction of sp³-hybridized carbons (Fsp3) is 0.867. The summed E-state index contributed by atoms with van der Waals surface area (Å²) in [5.41, 5.74) is 0. The van der Waals surface area contributed by atoms with Crippen molar-refractivity contribution in [2.75, 3.05) is 31.1 Å². The largest absolute Gasteiger partial charge is 0.481 e. The fourth-order valence-electron chi connectivity index (χ4n) is 3.22. The number of urea groups is 1. The van der Waals surface area contributed by atoms with Crippen molar-refractivity contribution >= 4 is 23.8 Å². The Balaban J connectivity index is 1.97. The van der Waals surface area contributed by atoms with Crippen LogP contribution >= 0.6 is 11.8 Å². The number of amides is 2. The first-order valence-corrected chi connectivity index (χ1v) is 9.12. The van der Waals surface area contributed by atoms with Crippen LogP contribution in [0.5, 0.6) is 0 Å². The molecular weight excluding hydrogens is 288 g/mol. The van der Waals surface area contributed by atoms with Gasteiger partial charge in [0.1, 0.15) is 0 Å². The standard InChI is InChI=1S/C15H26N2O3S/c1-2-12-4-3-6-16(7-5-12)15(20)17-8-9-21-11-13(17)10-14(18)19/h12-13H,2-11H2,1H3,(H,18,19). The van der Waals surface area contributed by atoms with E-state index < -0.39 is 5.97 Å². The zero-order valence-electron chi connectivity index (χ0n) is 12.8. The number of aliphatic carboxylic acids is 1. The molecule has 0 aromatic heterocycles. The highest BCUT2D eigenvalue weighted by Crippen LogP contribution is 2.24. The molecule has 0 radical (unpaired) electrons. The Morgan fingerprint density at radius 3 is 2.76 bits per heavy atom. The average Bonchev–Trinajstić information content (AvgIpc) is 2.72. The first kappa shape index (κ1) is 16.5. The number of carboxylic acid groups (broad SMARTS) is 1. The van der Waals surface area contributed by atoms with Crippen molar-refractivity contribution in [2.24, 2.45) is 5.92 Å². The Hall–Kier alpha value is -0.910. The Morgan fingerprint density at radius 1 is 1.24 bits per heavy atom. The summed E-state index contributed by atoms with van der Waals surface area (Å²) in [6.07, 6.45) is 4.59. The zero-order valence-corrected chi connectivity index (χ0v) is 13.6. The minimum absolute atomic E-state index is 0.0540. The fourth-order valence-corrected chi connectivity index (χ4v) is 4.29. The van der Waals surface area contributed by atoms with E-state index in [9.17, 15) is 9.59 Å².